The van der Waals surface area contributed by atoms with Gasteiger partial charge in [-0.15, -0.1) is 0 Å². The van der Waals surface area contributed by atoms with E-state index in [1.165, 1.54) is 5.57 Å². The molecule has 3 heteroatoms. The number of carbonyl (C=O) groups excluding carboxylic acids is 3. The number of rotatable bonds is 1. The molecule has 3 nitrogen and oxygen atoms in total. The lowest BCUT2D eigenvalue weighted by Gasteiger charge is -2.56. The fraction of sp³-hybridized carbons (Fsp3) is 0.762. The largest absolute Gasteiger partial charge is 0.300 e. The third-order valence-electron chi connectivity index (χ3n) is 8.14. The quantitative estimate of drug-likeness (QED) is 0.733. The molecule has 0 unspecified atom stereocenters. The standard InChI is InChI=1S/C21H28O3/c1-12(22)16-6-7-17-15-5-4-13-10-14(23)8-9-20(13,2)19(15)18(24)11-21(16,17)3/h10,15-17,19H,4-9,11H2,1-3H3/t15-,16+,17-,19+,20-,21+/m1/s1. The highest BCUT2D eigenvalue weighted by Gasteiger charge is 2.62. The highest BCUT2D eigenvalue weighted by molar-refractivity contribution is 5.93. The van der Waals surface area contributed by atoms with Crippen LogP contribution in [-0.4, -0.2) is 17.3 Å². The molecule has 0 N–H and O–H groups in total. The van der Waals surface area contributed by atoms with Crippen LogP contribution in [0.5, 0.6) is 0 Å². The first-order valence-electron chi connectivity index (χ1n) is 9.54. The highest BCUT2D eigenvalue weighted by Crippen LogP contribution is 2.65. The number of allylic oxidation sites excluding steroid dienone is 1. The van der Waals surface area contributed by atoms with E-state index >= 15 is 0 Å². The van der Waals surface area contributed by atoms with E-state index in [-0.39, 0.29) is 34.2 Å². The fourth-order valence-electron chi connectivity index (χ4n) is 7.05. The molecule has 0 heterocycles. The van der Waals surface area contributed by atoms with E-state index in [0.717, 1.165) is 32.1 Å². The zero-order chi connectivity index (χ0) is 17.3. The van der Waals surface area contributed by atoms with E-state index in [9.17, 15) is 14.4 Å². The van der Waals surface area contributed by atoms with Crippen molar-refractivity contribution in [1.29, 1.82) is 0 Å². The molecule has 130 valence electrons. The summed E-state index contributed by atoms with van der Waals surface area (Å²) in [6.07, 6.45) is 7.80. The van der Waals surface area contributed by atoms with Crippen LogP contribution in [0.15, 0.2) is 11.6 Å². The van der Waals surface area contributed by atoms with Crippen LogP contribution in [-0.2, 0) is 14.4 Å². The van der Waals surface area contributed by atoms with Gasteiger partial charge in [-0.05, 0) is 67.8 Å². The second kappa shape index (κ2) is 5.12. The average Bonchev–Trinajstić information content (AvgIpc) is 2.84. The van der Waals surface area contributed by atoms with Crippen molar-refractivity contribution in [2.45, 2.75) is 65.7 Å². The number of carbonyl (C=O) groups is 3. The SMILES string of the molecule is CC(=O)[C@@H]1CC[C@@H]2[C@H]3CCC4=CC(=O)CC[C@@]4(C)[C@@H]3C(=O)C[C@]21C. The van der Waals surface area contributed by atoms with Crippen LogP contribution < -0.4 is 0 Å². The van der Waals surface area contributed by atoms with Gasteiger partial charge in [-0.3, -0.25) is 14.4 Å². The van der Waals surface area contributed by atoms with Crippen molar-refractivity contribution in [3.8, 4) is 0 Å². The lowest BCUT2D eigenvalue weighted by atomic mass is 9.46. The van der Waals surface area contributed by atoms with Crippen molar-refractivity contribution in [3.05, 3.63) is 11.6 Å². The number of Topliss-reactive ketones (excluding diaryl/α,β-unsaturated/α-hetero) is 2. The van der Waals surface area contributed by atoms with E-state index < -0.39 is 0 Å². The second-order valence-electron chi connectivity index (χ2n) is 9.23. The molecule has 0 aromatic carbocycles. The summed E-state index contributed by atoms with van der Waals surface area (Å²) < 4.78 is 0. The minimum Gasteiger partial charge on any atom is -0.300 e. The van der Waals surface area contributed by atoms with Crippen LogP contribution in [0.25, 0.3) is 0 Å². The minimum absolute atomic E-state index is 0.0603. The van der Waals surface area contributed by atoms with Crippen LogP contribution in [0.4, 0.5) is 0 Å². The van der Waals surface area contributed by atoms with Gasteiger partial charge in [0.1, 0.15) is 11.6 Å². The first kappa shape index (κ1) is 16.2. The third kappa shape index (κ3) is 1.99. The van der Waals surface area contributed by atoms with Crippen molar-refractivity contribution < 1.29 is 14.4 Å². The van der Waals surface area contributed by atoms with Crippen LogP contribution in [0.1, 0.15) is 65.7 Å². The minimum atomic E-state index is -0.133. The molecule has 0 spiro atoms. The molecule has 0 aromatic heterocycles. The Hall–Kier alpha value is -1.25. The molecule has 24 heavy (non-hydrogen) atoms. The van der Waals surface area contributed by atoms with Crippen molar-refractivity contribution >= 4 is 17.3 Å². The summed E-state index contributed by atoms with van der Waals surface area (Å²) in [6.45, 7) is 6.12. The summed E-state index contributed by atoms with van der Waals surface area (Å²) in [6, 6.07) is 0. The summed E-state index contributed by atoms with van der Waals surface area (Å²) in [4.78, 5) is 37.3. The Labute approximate surface area is 144 Å². The molecule has 0 saturated heterocycles. The van der Waals surface area contributed by atoms with Gasteiger partial charge in [-0.2, -0.15) is 0 Å². The summed E-state index contributed by atoms with van der Waals surface area (Å²) >= 11 is 0. The molecule has 6 atom stereocenters. The van der Waals surface area contributed by atoms with E-state index in [0.29, 0.717) is 30.5 Å². The maximum atomic E-state index is 13.3. The Bertz CT molecular complexity index is 660. The van der Waals surface area contributed by atoms with Crippen molar-refractivity contribution in [2.75, 3.05) is 0 Å². The molecule has 0 radical (unpaired) electrons. The highest BCUT2D eigenvalue weighted by atomic mass is 16.1. The van der Waals surface area contributed by atoms with E-state index in [2.05, 4.69) is 13.8 Å². The van der Waals surface area contributed by atoms with Gasteiger partial charge in [-0.25, -0.2) is 0 Å². The second-order valence-corrected chi connectivity index (χ2v) is 9.23. The topological polar surface area (TPSA) is 51.2 Å². The van der Waals surface area contributed by atoms with Crippen molar-refractivity contribution in [1.82, 2.24) is 0 Å². The number of ketones is 3. The van der Waals surface area contributed by atoms with Gasteiger partial charge in [0.05, 0.1) is 0 Å². The van der Waals surface area contributed by atoms with Gasteiger partial charge in [0.2, 0.25) is 0 Å². The van der Waals surface area contributed by atoms with Gasteiger partial charge in [-0.1, -0.05) is 19.4 Å². The van der Waals surface area contributed by atoms with Gasteiger partial charge in [0, 0.05) is 24.7 Å². The maximum absolute atomic E-state index is 13.3. The summed E-state index contributed by atoms with van der Waals surface area (Å²) in [5.41, 5.74) is 0.966. The van der Waals surface area contributed by atoms with Gasteiger partial charge >= 0.3 is 0 Å². The molecular formula is C21H28O3. The Morgan fingerprint density at radius 3 is 2.58 bits per heavy atom. The van der Waals surface area contributed by atoms with Crippen LogP contribution in [0, 0.1) is 34.5 Å². The van der Waals surface area contributed by atoms with Crippen LogP contribution in [0.2, 0.25) is 0 Å². The molecular weight excluding hydrogens is 300 g/mol. The fourth-order valence-corrected chi connectivity index (χ4v) is 7.05. The monoisotopic (exact) mass is 328 g/mol. The molecule has 4 aliphatic rings. The first-order valence-corrected chi connectivity index (χ1v) is 9.54. The molecule has 0 bridgehead atoms. The zero-order valence-electron chi connectivity index (χ0n) is 15.1. The first-order chi connectivity index (χ1) is 11.3. The van der Waals surface area contributed by atoms with E-state index in [4.69, 9.17) is 0 Å². The van der Waals surface area contributed by atoms with Crippen molar-refractivity contribution in [2.24, 2.45) is 34.5 Å². The predicted octanol–water partition coefficient (Wildman–Crippen LogP) is 3.90. The molecule has 0 aliphatic heterocycles. The normalized spacial score (nSPS) is 47.5. The Morgan fingerprint density at radius 2 is 1.88 bits per heavy atom. The van der Waals surface area contributed by atoms with E-state index in [1.807, 2.05) is 6.08 Å². The lowest BCUT2D eigenvalue weighted by molar-refractivity contribution is -0.148. The molecule has 4 rings (SSSR count). The zero-order valence-corrected chi connectivity index (χ0v) is 15.1. The molecule has 0 amide bonds. The Balaban J connectivity index is 1.74. The van der Waals surface area contributed by atoms with Gasteiger partial charge in [0.25, 0.3) is 0 Å². The smallest absolute Gasteiger partial charge is 0.155 e. The Morgan fingerprint density at radius 1 is 1.12 bits per heavy atom. The van der Waals surface area contributed by atoms with Gasteiger partial charge in [0.15, 0.2) is 5.78 Å². The van der Waals surface area contributed by atoms with Crippen LogP contribution in [0.3, 0.4) is 0 Å². The molecule has 4 aliphatic carbocycles. The molecule has 3 saturated carbocycles. The Kier molecular flexibility index (Phi) is 3.47. The van der Waals surface area contributed by atoms with E-state index in [1.54, 1.807) is 6.92 Å². The number of hydrogen-bond donors (Lipinski definition) is 0. The maximum Gasteiger partial charge on any atom is 0.155 e. The lowest BCUT2D eigenvalue weighted by Crippen LogP contribution is -2.55. The predicted molar refractivity (Wildman–Crippen MR) is 91.3 cm³/mol. The summed E-state index contributed by atoms with van der Waals surface area (Å²) in [5.74, 6) is 1.86. The summed E-state index contributed by atoms with van der Waals surface area (Å²) in [5, 5.41) is 0. The van der Waals surface area contributed by atoms with Crippen LogP contribution >= 0.6 is 0 Å². The number of fused-ring (bicyclic) bond motifs is 5. The summed E-state index contributed by atoms with van der Waals surface area (Å²) in [7, 11) is 0. The molecule has 0 aromatic rings. The van der Waals surface area contributed by atoms with Gasteiger partial charge < -0.3 is 0 Å². The third-order valence-corrected chi connectivity index (χ3v) is 8.14. The average molecular weight is 328 g/mol. The number of hydrogen-bond acceptors (Lipinski definition) is 3. The van der Waals surface area contributed by atoms with Crippen molar-refractivity contribution in [3.63, 3.8) is 0 Å². The molecule has 3 fully saturated rings.